The van der Waals surface area contributed by atoms with Gasteiger partial charge >= 0.3 is 0 Å². The Morgan fingerprint density at radius 3 is 3.07 bits per heavy atom. The Labute approximate surface area is 79.4 Å². The highest BCUT2D eigenvalue weighted by Gasteiger charge is 1.97. The van der Waals surface area contributed by atoms with Crippen molar-refractivity contribution >= 4 is 5.82 Å². The molecule has 0 bridgehead atoms. The molecular weight excluding hydrogens is 185 g/mol. The summed E-state index contributed by atoms with van der Waals surface area (Å²) in [7, 11) is 0. The molecule has 2 heterocycles. The summed E-state index contributed by atoms with van der Waals surface area (Å²) in [5.74, 6) is -0.0980. The van der Waals surface area contributed by atoms with Crippen molar-refractivity contribution in [1.82, 2.24) is 19.9 Å². The Morgan fingerprint density at radius 1 is 1.43 bits per heavy atom. The van der Waals surface area contributed by atoms with Crippen LogP contribution >= 0.6 is 0 Å². The van der Waals surface area contributed by atoms with E-state index < -0.39 is 5.95 Å². The standard InChI is InChI=1S/C8H8FN5/c9-7-1-8(14-5-13-7)11-3-6-2-10-4-12-6/h1-2,4-5H,3H2,(H,10,12)(H,11,13,14). The normalized spacial score (nSPS) is 10.1. The summed E-state index contributed by atoms with van der Waals surface area (Å²) < 4.78 is 12.6. The molecule has 0 saturated heterocycles. The van der Waals surface area contributed by atoms with E-state index in [9.17, 15) is 4.39 Å². The van der Waals surface area contributed by atoms with E-state index in [1.165, 1.54) is 12.4 Å². The molecule has 5 nitrogen and oxygen atoms in total. The summed E-state index contributed by atoms with van der Waals surface area (Å²) in [6, 6.07) is 1.23. The third kappa shape index (κ3) is 2.03. The van der Waals surface area contributed by atoms with Gasteiger partial charge in [0.25, 0.3) is 0 Å². The summed E-state index contributed by atoms with van der Waals surface area (Å²) >= 11 is 0. The van der Waals surface area contributed by atoms with Gasteiger partial charge in [-0.2, -0.15) is 4.39 Å². The van der Waals surface area contributed by atoms with E-state index in [0.29, 0.717) is 12.4 Å². The molecule has 2 rings (SSSR count). The molecular formula is C8H8FN5. The van der Waals surface area contributed by atoms with Gasteiger partial charge in [0.2, 0.25) is 5.95 Å². The van der Waals surface area contributed by atoms with Gasteiger partial charge in [0.1, 0.15) is 12.1 Å². The lowest BCUT2D eigenvalue weighted by Gasteiger charge is -2.02. The number of halogens is 1. The molecule has 2 aromatic heterocycles. The number of nitrogens with zero attached hydrogens (tertiary/aromatic N) is 3. The number of anilines is 1. The van der Waals surface area contributed by atoms with Crippen LogP contribution in [0.25, 0.3) is 0 Å². The van der Waals surface area contributed by atoms with Crippen LogP contribution in [-0.4, -0.2) is 19.9 Å². The Bertz CT molecular complexity index is 400. The molecule has 0 unspecified atom stereocenters. The number of imidazole rings is 1. The van der Waals surface area contributed by atoms with Crippen LogP contribution < -0.4 is 5.32 Å². The molecule has 72 valence electrons. The average molecular weight is 193 g/mol. The van der Waals surface area contributed by atoms with Crippen LogP contribution in [0, 0.1) is 5.95 Å². The predicted octanol–water partition coefficient (Wildman–Crippen LogP) is 0.951. The SMILES string of the molecule is Fc1cc(NCc2cnc[nH]2)ncn1. The molecule has 0 spiro atoms. The number of nitrogens with one attached hydrogen (secondary N) is 2. The predicted molar refractivity (Wildman–Crippen MR) is 47.9 cm³/mol. The smallest absolute Gasteiger partial charge is 0.217 e. The van der Waals surface area contributed by atoms with Crippen molar-refractivity contribution < 1.29 is 4.39 Å². The maximum Gasteiger partial charge on any atom is 0.217 e. The Kier molecular flexibility index (Phi) is 2.35. The lowest BCUT2D eigenvalue weighted by molar-refractivity contribution is 0.580. The minimum Gasteiger partial charge on any atom is -0.364 e. The van der Waals surface area contributed by atoms with Gasteiger partial charge in [-0.15, -0.1) is 0 Å². The molecule has 0 radical (unpaired) electrons. The Hall–Kier alpha value is -1.98. The first-order valence-electron chi connectivity index (χ1n) is 4.03. The first kappa shape index (κ1) is 8.61. The molecule has 2 aromatic rings. The average Bonchev–Trinajstić information content (AvgIpc) is 2.67. The molecule has 0 aromatic carbocycles. The van der Waals surface area contributed by atoms with Gasteiger partial charge in [-0.1, -0.05) is 0 Å². The number of aromatic amines is 1. The molecule has 0 saturated carbocycles. The van der Waals surface area contributed by atoms with E-state index in [2.05, 4.69) is 25.3 Å². The molecule has 0 fully saturated rings. The first-order chi connectivity index (χ1) is 6.84. The summed E-state index contributed by atoms with van der Waals surface area (Å²) in [5.41, 5.74) is 0.907. The number of aromatic nitrogens is 4. The lowest BCUT2D eigenvalue weighted by atomic mass is 10.4. The fourth-order valence-electron chi connectivity index (χ4n) is 0.997. The van der Waals surface area contributed by atoms with E-state index in [-0.39, 0.29) is 0 Å². The fourth-order valence-corrected chi connectivity index (χ4v) is 0.997. The number of rotatable bonds is 3. The van der Waals surface area contributed by atoms with Gasteiger partial charge in [0.15, 0.2) is 0 Å². The largest absolute Gasteiger partial charge is 0.364 e. The second-order valence-corrected chi connectivity index (χ2v) is 2.66. The van der Waals surface area contributed by atoms with Crippen LogP contribution in [0.5, 0.6) is 0 Å². The van der Waals surface area contributed by atoms with Crippen molar-refractivity contribution in [2.24, 2.45) is 0 Å². The van der Waals surface area contributed by atoms with Crippen LogP contribution in [0.1, 0.15) is 5.69 Å². The summed E-state index contributed by atoms with van der Waals surface area (Å²) in [4.78, 5) is 14.0. The van der Waals surface area contributed by atoms with E-state index in [4.69, 9.17) is 0 Å². The zero-order valence-corrected chi connectivity index (χ0v) is 7.24. The van der Waals surface area contributed by atoms with E-state index in [0.717, 1.165) is 5.69 Å². The summed E-state index contributed by atoms with van der Waals surface area (Å²) in [6.45, 7) is 0.524. The van der Waals surface area contributed by atoms with Gasteiger partial charge in [-0.25, -0.2) is 15.0 Å². The van der Waals surface area contributed by atoms with E-state index in [1.54, 1.807) is 12.5 Å². The summed E-state index contributed by atoms with van der Waals surface area (Å²) in [6.07, 6.45) is 4.44. The topological polar surface area (TPSA) is 66.5 Å². The van der Waals surface area contributed by atoms with Crippen LogP contribution in [0.3, 0.4) is 0 Å². The van der Waals surface area contributed by atoms with Crippen molar-refractivity contribution in [3.63, 3.8) is 0 Å². The third-order valence-electron chi connectivity index (χ3n) is 1.65. The summed E-state index contributed by atoms with van der Waals surface area (Å²) in [5, 5.41) is 2.93. The van der Waals surface area contributed by atoms with Gasteiger partial charge in [-0.3, -0.25) is 0 Å². The second kappa shape index (κ2) is 3.82. The van der Waals surface area contributed by atoms with Crippen LogP contribution in [0.15, 0.2) is 24.9 Å². The maximum absolute atomic E-state index is 12.6. The first-order valence-corrected chi connectivity index (χ1v) is 4.03. The van der Waals surface area contributed by atoms with E-state index >= 15 is 0 Å². The zero-order valence-electron chi connectivity index (χ0n) is 7.24. The van der Waals surface area contributed by atoms with Crippen molar-refractivity contribution in [3.05, 3.63) is 36.6 Å². The minimum atomic E-state index is -0.549. The zero-order chi connectivity index (χ0) is 9.80. The molecule has 0 aliphatic rings. The quantitative estimate of drug-likeness (QED) is 0.712. The van der Waals surface area contributed by atoms with Crippen LogP contribution in [-0.2, 0) is 6.54 Å². The highest BCUT2D eigenvalue weighted by molar-refractivity contribution is 5.32. The molecule has 6 heteroatoms. The number of H-pyrrole nitrogens is 1. The Balaban J connectivity index is 1.98. The molecule has 14 heavy (non-hydrogen) atoms. The maximum atomic E-state index is 12.6. The Morgan fingerprint density at radius 2 is 2.36 bits per heavy atom. The van der Waals surface area contributed by atoms with Gasteiger partial charge in [0, 0.05) is 12.3 Å². The van der Waals surface area contributed by atoms with Crippen molar-refractivity contribution in [2.75, 3.05) is 5.32 Å². The minimum absolute atomic E-state index is 0.451. The molecule has 0 amide bonds. The molecule has 2 N–H and O–H groups in total. The number of hydrogen-bond acceptors (Lipinski definition) is 4. The molecule has 0 atom stereocenters. The lowest BCUT2D eigenvalue weighted by Crippen LogP contribution is -2.02. The van der Waals surface area contributed by atoms with Crippen LogP contribution in [0.4, 0.5) is 10.2 Å². The highest BCUT2D eigenvalue weighted by atomic mass is 19.1. The van der Waals surface area contributed by atoms with Gasteiger partial charge < -0.3 is 10.3 Å². The molecule has 0 aliphatic heterocycles. The van der Waals surface area contributed by atoms with Crippen molar-refractivity contribution in [2.45, 2.75) is 6.54 Å². The monoisotopic (exact) mass is 193 g/mol. The fraction of sp³-hybridized carbons (Fsp3) is 0.125. The third-order valence-corrected chi connectivity index (χ3v) is 1.65. The number of hydrogen-bond donors (Lipinski definition) is 2. The highest BCUT2D eigenvalue weighted by Crippen LogP contribution is 2.03. The van der Waals surface area contributed by atoms with Crippen molar-refractivity contribution in [1.29, 1.82) is 0 Å². The van der Waals surface area contributed by atoms with Gasteiger partial charge in [-0.05, 0) is 0 Å². The van der Waals surface area contributed by atoms with Gasteiger partial charge in [0.05, 0.1) is 18.6 Å². The van der Waals surface area contributed by atoms with Crippen molar-refractivity contribution in [3.8, 4) is 0 Å². The van der Waals surface area contributed by atoms with E-state index in [1.807, 2.05) is 0 Å². The second-order valence-electron chi connectivity index (χ2n) is 2.66. The van der Waals surface area contributed by atoms with Crippen LogP contribution in [0.2, 0.25) is 0 Å². The molecule has 0 aliphatic carbocycles.